The summed E-state index contributed by atoms with van der Waals surface area (Å²) in [6.45, 7) is 1.82. The average molecular weight is 343 g/mol. The zero-order valence-electron chi connectivity index (χ0n) is 6.70. The lowest BCUT2D eigenvalue weighted by Gasteiger charge is -2.09. The number of nitrogens with one attached hydrogen (secondary N) is 1. The van der Waals surface area contributed by atoms with Crippen LogP contribution in [0, 0.1) is 0 Å². The van der Waals surface area contributed by atoms with E-state index in [-0.39, 0.29) is 0 Å². The van der Waals surface area contributed by atoms with E-state index in [1.54, 1.807) is 0 Å². The Morgan fingerprint density at radius 2 is 1.85 bits per heavy atom. The average Bonchev–Trinajstić information content (AvgIpc) is 1.96. The van der Waals surface area contributed by atoms with Crippen molar-refractivity contribution in [2.45, 2.75) is 6.92 Å². The van der Waals surface area contributed by atoms with Gasteiger partial charge in [0.1, 0.15) is 0 Å². The molecule has 1 rings (SSSR count). The first-order valence-corrected chi connectivity index (χ1v) is 5.80. The van der Waals surface area contributed by atoms with Gasteiger partial charge in [0.2, 0.25) is 0 Å². The van der Waals surface area contributed by atoms with E-state index < -0.39 is 0 Å². The van der Waals surface area contributed by atoms with Crippen LogP contribution in [0.5, 0.6) is 0 Å². The lowest BCUT2D eigenvalue weighted by molar-refractivity contribution is 1.55. The highest BCUT2D eigenvalue weighted by atomic mass is 79.9. The number of hydrogen-bond acceptors (Lipinski definition) is 1. The highest BCUT2D eigenvalue weighted by molar-refractivity contribution is 9.11. The van der Waals surface area contributed by atoms with Crippen LogP contribution in [0.15, 0.2) is 21.1 Å². The lowest BCUT2D eigenvalue weighted by Crippen LogP contribution is -2.04. The number of anilines is 1. The molecule has 0 aliphatic rings. The molecule has 5 heteroatoms. The summed E-state index contributed by atoms with van der Waals surface area (Å²) in [6.07, 6.45) is 0. The van der Waals surface area contributed by atoms with Crippen molar-refractivity contribution in [1.29, 1.82) is 0 Å². The molecule has 0 aliphatic carbocycles. The number of benzene rings is 1. The third-order valence-electron chi connectivity index (χ3n) is 1.31. The summed E-state index contributed by atoms with van der Waals surface area (Å²) in [5, 5.41) is 3.72. The fourth-order valence-corrected chi connectivity index (χ4v) is 2.81. The van der Waals surface area contributed by atoms with Crippen molar-refractivity contribution < 1.29 is 0 Å². The summed E-state index contributed by atoms with van der Waals surface area (Å²) in [5.41, 5.74) is 0.900. The smallest absolute Gasteiger partial charge is 0.0766 e. The molecule has 0 amide bonds. The maximum atomic E-state index is 5.84. The second-order valence-corrected chi connectivity index (χ2v) is 5.18. The van der Waals surface area contributed by atoms with E-state index in [4.69, 9.17) is 23.8 Å². The first kappa shape index (κ1) is 11.4. The van der Waals surface area contributed by atoms with Gasteiger partial charge >= 0.3 is 0 Å². The highest BCUT2D eigenvalue weighted by Gasteiger charge is 2.06. The third-order valence-corrected chi connectivity index (χ3v) is 2.88. The van der Waals surface area contributed by atoms with Crippen molar-refractivity contribution in [2.24, 2.45) is 0 Å². The van der Waals surface area contributed by atoms with E-state index in [1.165, 1.54) is 0 Å². The maximum absolute atomic E-state index is 5.84. The number of thiocarbonyl (C=S) groups is 1. The summed E-state index contributed by atoms with van der Waals surface area (Å²) in [4.78, 5) is 0.712. The van der Waals surface area contributed by atoms with Crippen molar-refractivity contribution in [2.75, 3.05) is 5.32 Å². The molecule has 1 nitrogen and oxygen atoms in total. The first-order valence-electron chi connectivity index (χ1n) is 3.43. The van der Waals surface area contributed by atoms with Gasteiger partial charge in [0, 0.05) is 14.0 Å². The van der Waals surface area contributed by atoms with Gasteiger partial charge in [-0.2, -0.15) is 0 Å². The molecule has 1 N–H and O–H groups in total. The van der Waals surface area contributed by atoms with Gasteiger partial charge in [0.25, 0.3) is 0 Å². The molecule has 1 aromatic carbocycles. The summed E-state index contributed by atoms with van der Waals surface area (Å²) in [7, 11) is 0. The molecule has 70 valence electrons. The molecular weight excluding hydrogens is 337 g/mol. The van der Waals surface area contributed by atoms with E-state index in [9.17, 15) is 0 Å². The Hall–Kier alpha value is 0.360. The molecule has 0 aliphatic heterocycles. The molecule has 0 aromatic heterocycles. The van der Waals surface area contributed by atoms with E-state index in [2.05, 4.69) is 37.2 Å². The predicted octanol–water partition coefficient (Wildman–Crippen LogP) is 4.62. The quantitative estimate of drug-likeness (QED) is 0.747. The molecule has 0 unspecified atom stereocenters. The summed E-state index contributed by atoms with van der Waals surface area (Å²) in [6, 6.07) is 3.62. The molecule has 0 radical (unpaired) electrons. The van der Waals surface area contributed by atoms with Gasteiger partial charge in [-0.1, -0.05) is 23.8 Å². The van der Waals surface area contributed by atoms with Crippen LogP contribution in [0.2, 0.25) is 5.02 Å². The minimum atomic E-state index is 0.673. The van der Waals surface area contributed by atoms with Crippen LogP contribution in [0.25, 0.3) is 0 Å². The Kier molecular flexibility index (Phi) is 4.16. The van der Waals surface area contributed by atoms with E-state index in [0.29, 0.717) is 10.0 Å². The van der Waals surface area contributed by atoms with Crippen LogP contribution >= 0.6 is 55.7 Å². The number of rotatable bonds is 1. The topological polar surface area (TPSA) is 12.0 Å². The van der Waals surface area contributed by atoms with Crippen LogP contribution in [-0.2, 0) is 0 Å². The third kappa shape index (κ3) is 3.20. The zero-order chi connectivity index (χ0) is 10.0. The van der Waals surface area contributed by atoms with Crippen LogP contribution in [0.1, 0.15) is 6.92 Å². The SMILES string of the molecule is CC(=S)Nc1c(Br)cc(Cl)cc1Br. The Balaban J connectivity index is 3.13. The van der Waals surface area contributed by atoms with Crippen LogP contribution in [-0.4, -0.2) is 4.99 Å². The van der Waals surface area contributed by atoms with Gasteiger partial charge in [-0.25, -0.2) is 0 Å². The fourth-order valence-electron chi connectivity index (χ4n) is 0.838. The fraction of sp³-hybridized carbons (Fsp3) is 0.125. The lowest BCUT2D eigenvalue weighted by atomic mass is 10.3. The monoisotopic (exact) mass is 341 g/mol. The van der Waals surface area contributed by atoms with Crippen molar-refractivity contribution >= 4 is 66.4 Å². The first-order chi connectivity index (χ1) is 6.00. The summed E-state index contributed by atoms with van der Waals surface area (Å²) >= 11 is 17.6. The van der Waals surface area contributed by atoms with Crippen LogP contribution in [0.4, 0.5) is 5.69 Å². The van der Waals surface area contributed by atoms with Gasteiger partial charge in [0.05, 0.1) is 10.7 Å². The molecule has 13 heavy (non-hydrogen) atoms. The number of hydrogen-bond donors (Lipinski definition) is 1. The van der Waals surface area contributed by atoms with E-state index in [1.807, 2.05) is 19.1 Å². The van der Waals surface area contributed by atoms with Gasteiger partial charge in [-0.05, 0) is 50.9 Å². The van der Waals surface area contributed by atoms with Crippen molar-refractivity contribution in [3.05, 3.63) is 26.1 Å². The van der Waals surface area contributed by atoms with Gasteiger partial charge in [0.15, 0.2) is 0 Å². The molecule has 0 heterocycles. The Morgan fingerprint density at radius 1 is 1.38 bits per heavy atom. The molecular formula is C8H6Br2ClNS. The van der Waals surface area contributed by atoms with Crippen LogP contribution in [0.3, 0.4) is 0 Å². The predicted molar refractivity (Wildman–Crippen MR) is 68.7 cm³/mol. The Bertz CT molecular complexity index is 331. The minimum absolute atomic E-state index is 0.673. The summed E-state index contributed by atoms with van der Waals surface area (Å²) in [5.74, 6) is 0. The molecule has 0 saturated carbocycles. The van der Waals surface area contributed by atoms with Crippen molar-refractivity contribution in [3.8, 4) is 0 Å². The second-order valence-electron chi connectivity index (χ2n) is 2.43. The van der Waals surface area contributed by atoms with Crippen LogP contribution < -0.4 is 5.32 Å². The Morgan fingerprint density at radius 3 is 2.23 bits per heavy atom. The van der Waals surface area contributed by atoms with Crippen molar-refractivity contribution in [3.63, 3.8) is 0 Å². The van der Waals surface area contributed by atoms with E-state index >= 15 is 0 Å². The molecule has 0 saturated heterocycles. The van der Waals surface area contributed by atoms with E-state index in [0.717, 1.165) is 14.6 Å². The zero-order valence-corrected chi connectivity index (χ0v) is 11.4. The molecule has 1 aromatic rings. The molecule has 0 spiro atoms. The van der Waals surface area contributed by atoms with Gasteiger partial charge in [-0.15, -0.1) is 0 Å². The highest BCUT2D eigenvalue weighted by Crippen LogP contribution is 2.34. The largest absolute Gasteiger partial charge is 0.348 e. The van der Waals surface area contributed by atoms with Crippen molar-refractivity contribution in [1.82, 2.24) is 0 Å². The normalized spacial score (nSPS) is 9.85. The standard InChI is InChI=1S/C8H6Br2ClNS/c1-4(13)12-8-6(9)2-5(11)3-7(8)10/h2-3H,1H3,(H,12,13). The van der Waals surface area contributed by atoms with Gasteiger partial charge < -0.3 is 5.32 Å². The Labute approximate surface area is 104 Å². The maximum Gasteiger partial charge on any atom is 0.0766 e. The molecule has 0 bridgehead atoms. The summed E-state index contributed by atoms with van der Waals surface area (Å²) < 4.78 is 1.77. The molecule has 0 fully saturated rings. The second kappa shape index (κ2) is 4.73. The van der Waals surface area contributed by atoms with Gasteiger partial charge in [-0.3, -0.25) is 0 Å². The molecule has 0 atom stereocenters. The number of halogens is 3. The minimum Gasteiger partial charge on any atom is -0.348 e.